The summed E-state index contributed by atoms with van der Waals surface area (Å²) in [6.07, 6.45) is 2.17. The van der Waals surface area contributed by atoms with Crippen LogP contribution in [0.3, 0.4) is 0 Å². The number of carbonyl (C=O) groups excluding carboxylic acids is 1. The first-order valence-electron chi connectivity index (χ1n) is 5.65. The van der Waals surface area contributed by atoms with E-state index in [0.29, 0.717) is 19.4 Å². The molecular formula is C11H24N2O2. The molecule has 0 rings (SSSR count). The van der Waals surface area contributed by atoms with Crippen molar-refractivity contribution in [2.75, 3.05) is 19.6 Å². The SMILES string of the molecule is CCCNC(=O)CCNCCC(C)(C)O. The van der Waals surface area contributed by atoms with Crippen LogP contribution >= 0.6 is 0 Å². The fraction of sp³-hybridized carbons (Fsp3) is 0.909. The van der Waals surface area contributed by atoms with E-state index < -0.39 is 5.60 Å². The molecule has 0 aliphatic rings. The highest BCUT2D eigenvalue weighted by molar-refractivity contribution is 5.75. The molecule has 0 aliphatic carbocycles. The van der Waals surface area contributed by atoms with E-state index in [2.05, 4.69) is 10.6 Å². The Hall–Kier alpha value is -0.610. The van der Waals surface area contributed by atoms with Crippen LogP contribution in [-0.4, -0.2) is 36.2 Å². The summed E-state index contributed by atoms with van der Waals surface area (Å²) in [6, 6.07) is 0. The van der Waals surface area contributed by atoms with E-state index in [9.17, 15) is 9.90 Å². The number of amides is 1. The monoisotopic (exact) mass is 216 g/mol. The standard InChI is InChI=1S/C11H24N2O2/c1-4-7-13-10(14)5-8-12-9-6-11(2,3)15/h12,15H,4-9H2,1-3H3,(H,13,14). The summed E-state index contributed by atoms with van der Waals surface area (Å²) >= 11 is 0. The molecule has 0 aromatic carbocycles. The van der Waals surface area contributed by atoms with Crippen molar-refractivity contribution >= 4 is 5.91 Å². The second-order valence-corrected chi connectivity index (χ2v) is 4.41. The second kappa shape index (κ2) is 7.65. The molecule has 0 radical (unpaired) electrons. The van der Waals surface area contributed by atoms with Crippen molar-refractivity contribution in [1.82, 2.24) is 10.6 Å². The molecule has 3 N–H and O–H groups in total. The summed E-state index contributed by atoms with van der Waals surface area (Å²) in [7, 11) is 0. The van der Waals surface area contributed by atoms with E-state index in [0.717, 1.165) is 19.5 Å². The lowest BCUT2D eigenvalue weighted by molar-refractivity contribution is -0.120. The molecule has 0 bridgehead atoms. The minimum atomic E-state index is -0.628. The molecule has 0 fully saturated rings. The zero-order valence-electron chi connectivity index (χ0n) is 10.1. The van der Waals surface area contributed by atoms with Crippen LogP contribution in [0.1, 0.15) is 40.0 Å². The Morgan fingerprint density at radius 2 is 1.93 bits per heavy atom. The topological polar surface area (TPSA) is 61.4 Å². The Bertz CT molecular complexity index is 176. The molecular weight excluding hydrogens is 192 g/mol. The summed E-state index contributed by atoms with van der Waals surface area (Å²) in [5, 5.41) is 15.4. The predicted molar refractivity (Wildman–Crippen MR) is 61.7 cm³/mol. The van der Waals surface area contributed by atoms with Gasteiger partial charge in [0.25, 0.3) is 0 Å². The number of hydrogen-bond acceptors (Lipinski definition) is 3. The van der Waals surface area contributed by atoms with E-state index >= 15 is 0 Å². The number of carbonyl (C=O) groups is 1. The van der Waals surface area contributed by atoms with Crippen LogP contribution in [0.4, 0.5) is 0 Å². The van der Waals surface area contributed by atoms with Gasteiger partial charge in [-0.05, 0) is 33.2 Å². The van der Waals surface area contributed by atoms with Crippen molar-refractivity contribution in [2.24, 2.45) is 0 Å². The molecule has 0 heterocycles. The van der Waals surface area contributed by atoms with Crippen molar-refractivity contribution in [3.05, 3.63) is 0 Å². The zero-order chi connectivity index (χ0) is 11.7. The molecule has 0 spiro atoms. The average molecular weight is 216 g/mol. The van der Waals surface area contributed by atoms with Gasteiger partial charge in [-0.1, -0.05) is 6.92 Å². The molecule has 0 unspecified atom stereocenters. The highest BCUT2D eigenvalue weighted by Gasteiger charge is 2.10. The lowest BCUT2D eigenvalue weighted by atomic mass is 10.1. The van der Waals surface area contributed by atoms with Gasteiger partial charge >= 0.3 is 0 Å². The highest BCUT2D eigenvalue weighted by atomic mass is 16.3. The summed E-state index contributed by atoms with van der Waals surface area (Å²) in [5.41, 5.74) is -0.628. The van der Waals surface area contributed by atoms with Gasteiger partial charge in [-0.15, -0.1) is 0 Å². The van der Waals surface area contributed by atoms with Crippen molar-refractivity contribution in [2.45, 2.75) is 45.6 Å². The van der Waals surface area contributed by atoms with E-state index in [1.165, 1.54) is 0 Å². The first-order valence-corrected chi connectivity index (χ1v) is 5.65. The Labute approximate surface area is 92.4 Å². The highest BCUT2D eigenvalue weighted by Crippen LogP contribution is 2.04. The molecule has 0 aromatic rings. The van der Waals surface area contributed by atoms with Crippen molar-refractivity contribution in [1.29, 1.82) is 0 Å². The molecule has 0 atom stereocenters. The summed E-state index contributed by atoms with van der Waals surface area (Å²) in [5.74, 6) is 0.0904. The number of aliphatic hydroxyl groups is 1. The third kappa shape index (κ3) is 11.3. The molecule has 0 saturated carbocycles. The van der Waals surface area contributed by atoms with Gasteiger partial charge in [0, 0.05) is 19.5 Å². The van der Waals surface area contributed by atoms with Gasteiger partial charge in [0.2, 0.25) is 5.91 Å². The molecule has 4 heteroatoms. The minimum absolute atomic E-state index is 0.0904. The Morgan fingerprint density at radius 3 is 2.47 bits per heavy atom. The maximum absolute atomic E-state index is 11.2. The number of rotatable bonds is 8. The van der Waals surface area contributed by atoms with Crippen LogP contribution in [0.2, 0.25) is 0 Å². The van der Waals surface area contributed by atoms with Crippen LogP contribution in [0, 0.1) is 0 Å². The summed E-state index contributed by atoms with van der Waals surface area (Å²) < 4.78 is 0. The van der Waals surface area contributed by atoms with Gasteiger partial charge < -0.3 is 15.7 Å². The molecule has 0 saturated heterocycles. The van der Waals surface area contributed by atoms with Gasteiger partial charge in [-0.3, -0.25) is 4.79 Å². The molecule has 90 valence electrons. The summed E-state index contributed by atoms with van der Waals surface area (Å²) in [6.45, 7) is 7.76. The number of nitrogens with one attached hydrogen (secondary N) is 2. The van der Waals surface area contributed by atoms with Gasteiger partial charge in [-0.2, -0.15) is 0 Å². The van der Waals surface area contributed by atoms with Crippen molar-refractivity contribution < 1.29 is 9.90 Å². The quantitative estimate of drug-likeness (QED) is 0.522. The lowest BCUT2D eigenvalue weighted by Gasteiger charge is -2.16. The van der Waals surface area contributed by atoms with Gasteiger partial charge in [0.15, 0.2) is 0 Å². The Balaban J connectivity index is 3.27. The smallest absolute Gasteiger partial charge is 0.221 e. The molecule has 0 aliphatic heterocycles. The maximum atomic E-state index is 11.2. The largest absolute Gasteiger partial charge is 0.390 e. The third-order valence-electron chi connectivity index (χ3n) is 2.01. The van der Waals surface area contributed by atoms with E-state index in [1.54, 1.807) is 13.8 Å². The maximum Gasteiger partial charge on any atom is 0.221 e. The lowest BCUT2D eigenvalue weighted by Crippen LogP contribution is -2.31. The summed E-state index contributed by atoms with van der Waals surface area (Å²) in [4.78, 5) is 11.2. The van der Waals surface area contributed by atoms with Crippen LogP contribution in [-0.2, 0) is 4.79 Å². The first kappa shape index (κ1) is 14.4. The second-order valence-electron chi connectivity index (χ2n) is 4.41. The van der Waals surface area contributed by atoms with Gasteiger partial charge in [-0.25, -0.2) is 0 Å². The van der Waals surface area contributed by atoms with Crippen molar-refractivity contribution in [3.63, 3.8) is 0 Å². The molecule has 15 heavy (non-hydrogen) atoms. The van der Waals surface area contributed by atoms with Gasteiger partial charge in [0.1, 0.15) is 0 Å². The van der Waals surface area contributed by atoms with E-state index in [4.69, 9.17) is 0 Å². The normalized spacial score (nSPS) is 11.5. The molecule has 4 nitrogen and oxygen atoms in total. The van der Waals surface area contributed by atoms with Crippen LogP contribution < -0.4 is 10.6 Å². The molecule has 0 aromatic heterocycles. The van der Waals surface area contributed by atoms with Gasteiger partial charge in [0.05, 0.1) is 5.60 Å². The van der Waals surface area contributed by atoms with Crippen LogP contribution in [0.5, 0.6) is 0 Å². The zero-order valence-corrected chi connectivity index (χ0v) is 10.1. The average Bonchev–Trinajstić information content (AvgIpc) is 2.12. The fourth-order valence-electron chi connectivity index (χ4n) is 1.07. The Kier molecular flexibility index (Phi) is 7.34. The Morgan fingerprint density at radius 1 is 1.27 bits per heavy atom. The minimum Gasteiger partial charge on any atom is -0.390 e. The van der Waals surface area contributed by atoms with Crippen LogP contribution in [0.25, 0.3) is 0 Å². The fourth-order valence-corrected chi connectivity index (χ4v) is 1.07. The number of hydrogen-bond donors (Lipinski definition) is 3. The third-order valence-corrected chi connectivity index (χ3v) is 2.01. The van der Waals surface area contributed by atoms with E-state index in [-0.39, 0.29) is 5.91 Å². The molecule has 1 amide bonds. The first-order chi connectivity index (χ1) is 6.95. The van der Waals surface area contributed by atoms with Crippen molar-refractivity contribution in [3.8, 4) is 0 Å². The predicted octanol–water partition coefficient (Wildman–Crippen LogP) is 0.653. The van der Waals surface area contributed by atoms with E-state index in [1.807, 2.05) is 6.92 Å². The van der Waals surface area contributed by atoms with Crippen LogP contribution in [0.15, 0.2) is 0 Å².